The molecular weight excluding hydrogens is 182 g/mol. The average Bonchev–Trinajstić information content (AvgIpc) is 2.64. The topological polar surface area (TPSA) is 3.24 Å². The maximum Gasteiger partial charge on any atom is 0.0235 e. The fourth-order valence-electron chi connectivity index (χ4n) is 2.22. The normalized spacial score (nSPS) is 18.7. The summed E-state index contributed by atoms with van der Waals surface area (Å²) in [4.78, 5) is 2.55. The first-order valence-electron chi connectivity index (χ1n) is 5.65. The molecule has 0 spiro atoms. The molecule has 0 atom stereocenters. The number of halogens is 1. The van der Waals surface area contributed by atoms with E-state index in [0.29, 0.717) is 0 Å². The third-order valence-electron chi connectivity index (χ3n) is 3.05. The van der Waals surface area contributed by atoms with Gasteiger partial charge in [-0.3, -0.25) is 0 Å². The Labute approximate surface area is 87.4 Å². The van der Waals surface area contributed by atoms with Crippen LogP contribution in [0.2, 0.25) is 0 Å². The highest BCUT2D eigenvalue weighted by molar-refractivity contribution is 6.17. The quantitative estimate of drug-likeness (QED) is 0.600. The molecule has 0 bridgehead atoms. The molecule has 2 heteroatoms. The van der Waals surface area contributed by atoms with Gasteiger partial charge in [-0.25, -0.2) is 0 Å². The van der Waals surface area contributed by atoms with Crippen LogP contribution in [-0.2, 0) is 0 Å². The smallest absolute Gasteiger partial charge is 0.0235 e. The summed E-state index contributed by atoms with van der Waals surface area (Å²) in [5.41, 5.74) is 0. The van der Waals surface area contributed by atoms with Gasteiger partial charge in [0.2, 0.25) is 0 Å². The van der Waals surface area contributed by atoms with Crippen molar-refractivity contribution >= 4 is 11.6 Å². The third kappa shape index (κ3) is 4.33. The van der Waals surface area contributed by atoms with Crippen LogP contribution in [0.4, 0.5) is 0 Å². The molecule has 1 saturated carbocycles. The van der Waals surface area contributed by atoms with Crippen molar-refractivity contribution in [3.05, 3.63) is 0 Å². The highest BCUT2D eigenvalue weighted by Gasteiger charge is 2.17. The van der Waals surface area contributed by atoms with Gasteiger partial charge < -0.3 is 4.90 Å². The minimum absolute atomic E-state index is 0.807. The fraction of sp³-hybridized carbons (Fsp3) is 1.00. The van der Waals surface area contributed by atoms with Crippen molar-refractivity contribution in [1.29, 1.82) is 0 Å². The van der Waals surface area contributed by atoms with E-state index in [-0.39, 0.29) is 0 Å². The van der Waals surface area contributed by atoms with Gasteiger partial charge >= 0.3 is 0 Å². The summed E-state index contributed by atoms with van der Waals surface area (Å²) >= 11 is 5.69. The van der Waals surface area contributed by atoms with Crippen molar-refractivity contribution in [2.75, 3.05) is 25.5 Å². The molecule has 0 amide bonds. The summed E-state index contributed by atoms with van der Waals surface area (Å²) in [5, 5.41) is 0. The zero-order valence-corrected chi connectivity index (χ0v) is 9.52. The summed E-state index contributed by atoms with van der Waals surface area (Å²) in [5.74, 6) is 1.79. The Kier molecular flexibility index (Phi) is 5.81. The molecule has 0 aromatic heterocycles. The molecule has 13 heavy (non-hydrogen) atoms. The van der Waals surface area contributed by atoms with E-state index in [2.05, 4.69) is 11.8 Å². The van der Waals surface area contributed by atoms with E-state index >= 15 is 0 Å². The summed E-state index contributed by atoms with van der Waals surface area (Å²) in [6, 6.07) is 0. The van der Waals surface area contributed by atoms with Crippen molar-refractivity contribution in [3.63, 3.8) is 0 Å². The van der Waals surface area contributed by atoms with Crippen molar-refractivity contribution < 1.29 is 0 Å². The number of hydrogen-bond donors (Lipinski definition) is 0. The molecular formula is C11H22ClN. The van der Waals surface area contributed by atoms with Crippen molar-refractivity contribution in [2.45, 2.75) is 39.0 Å². The van der Waals surface area contributed by atoms with Gasteiger partial charge in [0.15, 0.2) is 0 Å². The van der Waals surface area contributed by atoms with Crippen LogP contribution in [0.1, 0.15) is 39.0 Å². The molecule has 0 radical (unpaired) electrons. The van der Waals surface area contributed by atoms with E-state index in [9.17, 15) is 0 Å². The zero-order chi connectivity index (χ0) is 9.52. The molecule has 1 nitrogen and oxygen atoms in total. The molecule has 0 heterocycles. The predicted octanol–water partition coefficient (Wildman–Crippen LogP) is 3.13. The molecule has 78 valence electrons. The maximum atomic E-state index is 5.69. The van der Waals surface area contributed by atoms with E-state index in [4.69, 9.17) is 11.6 Å². The summed E-state index contributed by atoms with van der Waals surface area (Å²) in [6.07, 6.45) is 6.96. The molecule has 0 saturated heterocycles. The summed E-state index contributed by atoms with van der Waals surface area (Å²) in [7, 11) is 0. The lowest BCUT2D eigenvalue weighted by Crippen LogP contribution is -2.29. The first-order chi connectivity index (χ1) is 6.36. The Morgan fingerprint density at radius 1 is 1.31 bits per heavy atom. The molecule has 0 unspecified atom stereocenters. The highest BCUT2D eigenvalue weighted by Crippen LogP contribution is 2.25. The minimum Gasteiger partial charge on any atom is -0.303 e. The van der Waals surface area contributed by atoms with Gasteiger partial charge in [-0.2, -0.15) is 0 Å². The average molecular weight is 204 g/mol. The second-order valence-corrected chi connectivity index (χ2v) is 4.46. The SMILES string of the molecule is CCN(CCCCl)CC1CCCC1. The second-order valence-electron chi connectivity index (χ2n) is 4.09. The van der Waals surface area contributed by atoms with Gasteiger partial charge in [-0.05, 0) is 38.3 Å². The Bertz CT molecular complexity index is 121. The Balaban J connectivity index is 2.13. The monoisotopic (exact) mass is 203 g/mol. The van der Waals surface area contributed by atoms with Crippen LogP contribution in [0.25, 0.3) is 0 Å². The lowest BCUT2D eigenvalue weighted by atomic mass is 10.1. The fourth-order valence-corrected chi connectivity index (χ4v) is 2.34. The number of hydrogen-bond acceptors (Lipinski definition) is 1. The van der Waals surface area contributed by atoms with Crippen LogP contribution in [0.15, 0.2) is 0 Å². The molecule has 1 fully saturated rings. The van der Waals surface area contributed by atoms with Crippen LogP contribution in [0.3, 0.4) is 0 Å². The van der Waals surface area contributed by atoms with Gasteiger partial charge in [0.25, 0.3) is 0 Å². The first kappa shape index (κ1) is 11.3. The molecule has 0 aromatic carbocycles. The number of alkyl halides is 1. The number of nitrogens with zero attached hydrogens (tertiary/aromatic N) is 1. The van der Waals surface area contributed by atoms with Crippen LogP contribution >= 0.6 is 11.6 Å². The van der Waals surface area contributed by atoms with Gasteiger partial charge in [0.05, 0.1) is 0 Å². The second kappa shape index (κ2) is 6.67. The zero-order valence-electron chi connectivity index (χ0n) is 8.77. The van der Waals surface area contributed by atoms with Gasteiger partial charge in [0, 0.05) is 12.4 Å². The van der Waals surface area contributed by atoms with Gasteiger partial charge in [-0.15, -0.1) is 11.6 Å². The van der Waals surface area contributed by atoms with Crippen LogP contribution in [0, 0.1) is 5.92 Å². The van der Waals surface area contributed by atoms with E-state index in [1.165, 1.54) is 45.3 Å². The summed E-state index contributed by atoms with van der Waals surface area (Å²) in [6.45, 7) is 5.94. The lowest BCUT2D eigenvalue weighted by Gasteiger charge is -2.23. The Morgan fingerprint density at radius 2 is 2.00 bits per heavy atom. The van der Waals surface area contributed by atoms with Gasteiger partial charge in [0.1, 0.15) is 0 Å². The maximum absolute atomic E-state index is 5.69. The van der Waals surface area contributed by atoms with Crippen LogP contribution < -0.4 is 0 Å². The lowest BCUT2D eigenvalue weighted by molar-refractivity contribution is 0.243. The highest BCUT2D eigenvalue weighted by atomic mass is 35.5. The summed E-state index contributed by atoms with van der Waals surface area (Å²) < 4.78 is 0. The van der Waals surface area contributed by atoms with Gasteiger partial charge in [-0.1, -0.05) is 19.8 Å². The van der Waals surface area contributed by atoms with Crippen molar-refractivity contribution in [1.82, 2.24) is 4.90 Å². The third-order valence-corrected chi connectivity index (χ3v) is 3.31. The Morgan fingerprint density at radius 3 is 2.54 bits per heavy atom. The molecule has 0 aromatic rings. The Hall–Kier alpha value is 0.250. The standard InChI is InChI=1S/C11H22ClN/c1-2-13(9-5-8-12)10-11-6-3-4-7-11/h11H,2-10H2,1H3. The largest absolute Gasteiger partial charge is 0.303 e. The predicted molar refractivity (Wildman–Crippen MR) is 59.4 cm³/mol. The molecule has 0 aliphatic heterocycles. The van der Waals surface area contributed by atoms with Crippen LogP contribution in [-0.4, -0.2) is 30.4 Å². The van der Waals surface area contributed by atoms with Crippen LogP contribution in [0.5, 0.6) is 0 Å². The first-order valence-corrected chi connectivity index (χ1v) is 6.18. The molecule has 1 aliphatic rings. The van der Waals surface area contributed by atoms with Crippen molar-refractivity contribution in [2.24, 2.45) is 5.92 Å². The van der Waals surface area contributed by atoms with E-state index < -0.39 is 0 Å². The molecule has 0 N–H and O–H groups in total. The molecule has 1 rings (SSSR count). The van der Waals surface area contributed by atoms with E-state index in [1.807, 2.05) is 0 Å². The van der Waals surface area contributed by atoms with E-state index in [1.54, 1.807) is 0 Å². The minimum atomic E-state index is 0.807. The van der Waals surface area contributed by atoms with E-state index in [0.717, 1.165) is 18.2 Å². The molecule has 1 aliphatic carbocycles. The van der Waals surface area contributed by atoms with Crippen molar-refractivity contribution in [3.8, 4) is 0 Å². The number of rotatable bonds is 6.